The number of rotatable bonds is 7. The molecule has 1 aromatic heterocycles. The van der Waals surface area contributed by atoms with Gasteiger partial charge >= 0.3 is 0 Å². The fourth-order valence-electron chi connectivity index (χ4n) is 3.57. The zero-order chi connectivity index (χ0) is 22.0. The average Bonchev–Trinajstić information content (AvgIpc) is 3.22. The van der Waals surface area contributed by atoms with Gasteiger partial charge in [0.2, 0.25) is 15.7 Å². The van der Waals surface area contributed by atoms with Crippen LogP contribution in [0, 0.1) is 0 Å². The number of benzene rings is 2. The number of amides is 1. The third-order valence-electron chi connectivity index (χ3n) is 5.05. The Morgan fingerprint density at radius 1 is 1.19 bits per heavy atom. The van der Waals surface area contributed by atoms with Gasteiger partial charge < -0.3 is 14.8 Å². The highest BCUT2D eigenvalue weighted by Crippen LogP contribution is 2.47. The Bertz CT molecular complexity index is 1230. The summed E-state index contributed by atoms with van der Waals surface area (Å²) in [5.41, 5.74) is 1.21. The summed E-state index contributed by atoms with van der Waals surface area (Å²) in [5, 5.41) is 4.38. The predicted molar refractivity (Wildman–Crippen MR) is 120 cm³/mol. The third kappa shape index (κ3) is 3.96. The smallest absolute Gasteiger partial charge is 0.225 e. The van der Waals surface area contributed by atoms with Gasteiger partial charge in [-0.25, -0.2) is 8.42 Å². The van der Waals surface area contributed by atoms with Crippen LogP contribution in [0.3, 0.4) is 0 Å². The topological polar surface area (TPSA) is 81.7 Å². The van der Waals surface area contributed by atoms with Gasteiger partial charge in [-0.3, -0.25) is 4.79 Å². The van der Waals surface area contributed by atoms with Gasteiger partial charge in [0.05, 0.1) is 17.7 Å². The minimum absolute atomic E-state index is 0.119. The van der Waals surface area contributed by atoms with E-state index < -0.39 is 9.84 Å². The van der Waals surface area contributed by atoms with Crippen molar-refractivity contribution in [2.75, 3.05) is 19.0 Å². The van der Waals surface area contributed by atoms with Crippen LogP contribution in [0.2, 0.25) is 0 Å². The van der Waals surface area contributed by atoms with E-state index in [1.165, 1.54) is 11.3 Å². The molecule has 8 heteroatoms. The second-order valence-corrected chi connectivity index (χ2v) is 9.80. The van der Waals surface area contributed by atoms with Crippen molar-refractivity contribution >= 4 is 32.8 Å². The van der Waals surface area contributed by atoms with Crippen molar-refractivity contribution < 1.29 is 22.7 Å². The Balaban J connectivity index is 1.78. The molecule has 0 saturated heterocycles. The summed E-state index contributed by atoms with van der Waals surface area (Å²) in [4.78, 5) is 13.6. The molecule has 1 aliphatic heterocycles. The summed E-state index contributed by atoms with van der Waals surface area (Å²) in [6.45, 7) is 3.97. The highest BCUT2D eigenvalue weighted by Gasteiger charge is 2.34. The number of nitrogens with one attached hydrogen (secondary N) is 1. The molecule has 1 amide bonds. The van der Waals surface area contributed by atoms with Gasteiger partial charge in [-0.2, -0.15) is 0 Å². The van der Waals surface area contributed by atoms with E-state index in [0.717, 1.165) is 10.4 Å². The van der Waals surface area contributed by atoms with Crippen LogP contribution in [0.1, 0.15) is 22.8 Å². The van der Waals surface area contributed by atoms with E-state index in [2.05, 4.69) is 11.9 Å². The molecule has 0 spiro atoms. The Labute approximate surface area is 185 Å². The van der Waals surface area contributed by atoms with Crippen molar-refractivity contribution in [1.29, 1.82) is 0 Å². The standard InChI is InChI=1S/C23H21NO5S2/c1-3-11-29-19-12-15(9-10-18(19)28-2)17-13-21(25)24-22-20(14-30-23(17)22)31(26,27)16-7-5-4-6-8-16/h3-10,12,14,17H,1,11,13H2,2H3,(H,24,25)/t17-/m0/s1. The van der Waals surface area contributed by atoms with Gasteiger partial charge in [-0.15, -0.1) is 11.3 Å². The molecule has 3 aromatic rings. The van der Waals surface area contributed by atoms with Crippen LogP contribution in [0.4, 0.5) is 5.69 Å². The van der Waals surface area contributed by atoms with Crippen LogP contribution in [-0.4, -0.2) is 28.0 Å². The molecule has 2 heterocycles. The summed E-state index contributed by atoms with van der Waals surface area (Å²) in [6.07, 6.45) is 1.85. The quantitative estimate of drug-likeness (QED) is 0.526. The van der Waals surface area contributed by atoms with Crippen LogP contribution in [0.15, 0.2) is 76.4 Å². The second-order valence-electron chi connectivity index (χ2n) is 6.97. The summed E-state index contributed by atoms with van der Waals surface area (Å²) < 4.78 is 37.4. The first kappa shape index (κ1) is 21.1. The molecule has 0 unspecified atom stereocenters. The fraction of sp³-hybridized carbons (Fsp3) is 0.174. The number of methoxy groups -OCH3 is 1. The molecule has 1 N–H and O–H groups in total. The molecule has 31 heavy (non-hydrogen) atoms. The number of carbonyl (C=O) groups excluding carboxylic acids is 1. The van der Waals surface area contributed by atoms with Crippen LogP contribution < -0.4 is 14.8 Å². The first-order valence-corrected chi connectivity index (χ1v) is 11.9. The number of anilines is 1. The molecule has 0 radical (unpaired) electrons. The minimum Gasteiger partial charge on any atom is -0.493 e. The van der Waals surface area contributed by atoms with Crippen molar-refractivity contribution in [3.05, 3.63) is 77.0 Å². The van der Waals surface area contributed by atoms with Gasteiger partial charge in [0, 0.05) is 22.6 Å². The van der Waals surface area contributed by atoms with E-state index in [-0.39, 0.29) is 28.0 Å². The Morgan fingerprint density at radius 2 is 1.97 bits per heavy atom. The maximum atomic E-state index is 13.2. The summed E-state index contributed by atoms with van der Waals surface area (Å²) >= 11 is 1.33. The van der Waals surface area contributed by atoms with Crippen LogP contribution in [-0.2, 0) is 14.6 Å². The van der Waals surface area contributed by atoms with Gasteiger partial charge in [-0.05, 0) is 29.8 Å². The molecule has 2 aromatic carbocycles. The normalized spacial score (nSPS) is 15.6. The van der Waals surface area contributed by atoms with Gasteiger partial charge in [0.1, 0.15) is 11.5 Å². The minimum atomic E-state index is -3.76. The van der Waals surface area contributed by atoms with E-state index in [1.807, 2.05) is 12.1 Å². The molecule has 1 aliphatic rings. The molecule has 6 nitrogen and oxygen atoms in total. The Morgan fingerprint density at radius 3 is 2.68 bits per heavy atom. The van der Waals surface area contributed by atoms with Gasteiger partial charge in [-0.1, -0.05) is 36.9 Å². The molecule has 0 bridgehead atoms. The number of hydrogen-bond donors (Lipinski definition) is 1. The monoisotopic (exact) mass is 455 g/mol. The zero-order valence-corrected chi connectivity index (χ0v) is 18.5. The first-order chi connectivity index (χ1) is 15.0. The highest BCUT2D eigenvalue weighted by atomic mass is 32.2. The van der Waals surface area contributed by atoms with Crippen molar-refractivity contribution in [2.24, 2.45) is 0 Å². The van der Waals surface area contributed by atoms with Crippen molar-refractivity contribution in [1.82, 2.24) is 0 Å². The lowest BCUT2D eigenvalue weighted by Crippen LogP contribution is -2.23. The lowest BCUT2D eigenvalue weighted by molar-refractivity contribution is -0.116. The van der Waals surface area contributed by atoms with Crippen LogP contribution in [0.5, 0.6) is 11.5 Å². The van der Waals surface area contributed by atoms with E-state index in [1.54, 1.807) is 55.0 Å². The molecular formula is C23H21NO5S2. The molecule has 0 fully saturated rings. The fourth-order valence-corrected chi connectivity index (χ4v) is 6.50. The maximum absolute atomic E-state index is 13.2. The number of ether oxygens (including phenoxy) is 2. The van der Waals surface area contributed by atoms with Gasteiger partial charge in [0.15, 0.2) is 11.5 Å². The molecule has 0 aliphatic carbocycles. The van der Waals surface area contributed by atoms with Crippen LogP contribution >= 0.6 is 11.3 Å². The first-order valence-electron chi connectivity index (χ1n) is 9.58. The SMILES string of the molecule is C=CCOc1cc([C@@H]2CC(=O)Nc3c(S(=O)(=O)c4ccccc4)csc32)ccc1OC. The van der Waals surface area contributed by atoms with Gasteiger partial charge in [0.25, 0.3) is 0 Å². The molecule has 160 valence electrons. The molecule has 0 saturated carbocycles. The third-order valence-corrected chi connectivity index (χ3v) is 8.09. The number of thiophene rings is 1. The maximum Gasteiger partial charge on any atom is 0.225 e. The lowest BCUT2D eigenvalue weighted by atomic mass is 9.90. The average molecular weight is 456 g/mol. The Kier molecular flexibility index (Phi) is 5.84. The van der Waals surface area contributed by atoms with E-state index in [4.69, 9.17) is 9.47 Å². The van der Waals surface area contributed by atoms with Crippen molar-refractivity contribution in [3.63, 3.8) is 0 Å². The van der Waals surface area contributed by atoms with E-state index >= 15 is 0 Å². The predicted octanol–water partition coefficient (Wildman–Crippen LogP) is 4.63. The highest BCUT2D eigenvalue weighted by molar-refractivity contribution is 7.91. The van der Waals surface area contributed by atoms with Crippen molar-refractivity contribution in [3.8, 4) is 11.5 Å². The summed E-state index contributed by atoms with van der Waals surface area (Å²) in [6, 6.07) is 13.7. The number of sulfone groups is 1. The number of carbonyl (C=O) groups is 1. The van der Waals surface area contributed by atoms with Crippen LogP contribution in [0.25, 0.3) is 0 Å². The number of hydrogen-bond acceptors (Lipinski definition) is 6. The molecule has 4 rings (SSSR count). The summed E-state index contributed by atoms with van der Waals surface area (Å²) in [7, 11) is -2.20. The molecular weight excluding hydrogens is 434 g/mol. The van der Waals surface area contributed by atoms with Crippen molar-refractivity contribution in [2.45, 2.75) is 22.1 Å². The zero-order valence-electron chi connectivity index (χ0n) is 16.8. The molecule has 1 atom stereocenters. The summed E-state index contributed by atoms with van der Waals surface area (Å²) in [5.74, 6) is 0.598. The second kappa shape index (κ2) is 8.56. The Hall–Kier alpha value is -3.10. The van der Waals surface area contributed by atoms with E-state index in [0.29, 0.717) is 23.8 Å². The number of fused-ring (bicyclic) bond motifs is 1. The lowest BCUT2D eigenvalue weighted by Gasteiger charge is -2.24. The largest absolute Gasteiger partial charge is 0.493 e. The van der Waals surface area contributed by atoms with E-state index in [9.17, 15) is 13.2 Å².